The molecule has 19 heavy (non-hydrogen) atoms. The number of halogens is 2. The average molecular weight is 329 g/mol. The number of hydrogen-bond donors (Lipinski definition) is 1. The molecule has 1 aromatic rings. The summed E-state index contributed by atoms with van der Waals surface area (Å²) in [6.07, 6.45) is 2.48. The van der Waals surface area contributed by atoms with Crippen molar-refractivity contribution in [3.8, 4) is 0 Å². The molecule has 1 heterocycles. The first kappa shape index (κ1) is 14.9. The Morgan fingerprint density at radius 3 is 2.68 bits per heavy atom. The Balaban J connectivity index is 1.81. The lowest BCUT2D eigenvalue weighted by Crippen LogP contribution is -2.41. The van der Waals surface area contributed by atoms with Crippen LogP contribution < -0.4 is 5.32 Å². The fourth-order valence-corrected chi connectivity index (χ4v) is 2.92. The first-order chi connectivity index (χ1) is 8.98. The minimum Gasteiger partial charge on any atom is -0.312 e. The van der Waals surface area contributed by atoms with Crippen LogP contribution >= 0.6 is 15.9 Å². The van der Waals surface area contributed by atoms with Gasteiger partial charge in [-0.3, -0.25) is 0 Å². The van der Waals surface area contributed by atoms with Gasteiger partial charge in [-0.2, -0.15) is 0 Å². The van der Waals surface area contributed by atoms with Gasteiger partial charge in [-0.1, -0.05) is 13.0 Å². The molecule has 0 unspecified atom stereocenters. The third kappa shape index (κ3) is 4.26. The van der Waals surface area contributed by atoms with E-state index in [0.717, 1.165) is 18.7 Å². The first-order valence-corrected chi connectivity index (χ1v) is 7.61. The van der Waals surface area contributed by atoms with Gasteiger partial charge in [0.15, 0.2) is 0 Å². The second-order valence-electron chi connectivity index (χ2n) is 5.97. The van der Waals surface area contributed by atoms with Crippen molar-refractivity contribution >= 4 is 15.9 Å². The van der Waals surface area contributed by atoms with E-state index in [1.807, 2.05) is 12.1 Å². The normalized spacial score (nSPS) is 19.6. The quantitative estimate of drug-likeness (QED) is 0.911. The van der Waals surface area contributed by atoms with Crippen LogP contribution in [-0.4, -0.2) is 31.6 Å². The monoisotopic (exact) mass is 328 g/mol. The van der Waals surface area contributed by atoms with Crippen molar-refractivity contribution in [2.45, 2.75) is 26.3 Å². The lowest BCUT2D eigenvalue weighted by Gasteiger charge is -2.38. The Hall–Kier alpha value is -0.450. The van der Waals surface area contributed by atoms with Gasteiger partial charge < -0.3 is 10.2 Å². The smallest absolute Gasteiger partial charge is 0.137 e. The zero-order valence-corrected chi connectivity index (χ0v) is 13.3. The highest BCUT2D eigenvalue weighted by atomic mass is 79.9. The van der Waals surface area contributed by atoms with E-state index in [1.165, 1.54) is 32.0 Å². The van der Waals surface area contributed by atoms with Crippen molar-refractivity contribution < 1.29 is 4.39 Å². The minimum absolute atomic E-state index is 0.203. The molecule has 0 saturated carbocycles. The Morgan fingerprint density at radius 2 is 2.05 bits per heavy atom. The molecule has 0 aliphatic carbocycles. The van der Waals surface area contributed by atoms with Crippen molar-refractivity contribution in [3.63, 3.8) is 0 Å². The molecule has 1 saturated heterocycles. The van der Waals surface area contributed by atoms with Gasteiger partial charge in [0.25, 0.3) is 0 Å². The molecule has 0 amide bonds. The van der Waals surface area contributed by atoms with Crippen molar-refractivity contribution in [1.29, 1.82) is 0 Å². The van der Waals surface area contributed by atoms with Crippen LogP contribution in [0, 0.1) is 11.2 Å². The van der Waals surface area contributed by atoms with E-state index in [4.69, 9.17) is 0 Å². The number of rotatable bonds is 4. The van der Waals surface area contributed by atoms with Crippen LogP contribution in [0.3, 0.4) is 0 Å². The zero-order chi connectivity index (χ0) is 13.9. The molecule has 0 bridgehead atoms. The number of nitrogens with zero attached hydrogens (tertiary/aromatic N) is 1. The van der Waals surface area contributed by atoms with Gasteiger partial charge in [-0.05, 0) is 72.0 Å². The minimum atomic E-state index is -0.203. The highest BCUT2D eigenvalue weighted by Crippen LogP contribution is 2.29. The van der Waals surface area contributed by atoms with Crippen LogP contribution in [0.25, 0.3) is 0 Å². The van der Waals surface area contributed by atoms with E-state index in [1.54, 1.807) is 0 Å². The fourth-order valence-electron chi connectivity index (χ4n) is 2.49. The van der Waals surface area contributed by atoms with Gasteiger partial charge in [-0.25, -0.2) is 4.39 Å². The maximum Gasteiger partial charge on any atom is 0.137 e. The number of hydrogen-bond acceptors (Lipinski definition) is 2. The van der Waals surface area contributed by atoms with Crippen molar-refractivity contribution in [2.75, 3.05) is 26.7 Å². The Kier molecular flexibility index (Phi) is 4.98. The Labute approximate surface area is 123 Å². The summed E-state index contributed by atoms with van der Waals surface area (Å²) in [5.74, 6) is -0.203. The molecule has 1 fully saturated rings. The highest BCUT2D eigenvalue weighted by molar-refractivity contribution is 9.10. The lowest BCUT2D eigenvalue weighted by atomic mass is 9.80. The summed E-state index contributed by atoms with van der Waals surface area (Å²) in [5.41, 5.74) is 1.51. The van der Waals surface area contributed by atoms with Crippen LogP contribution in [0.2, 0.25) is 0 Å². The number of nitrogens with one attached hydrogen (secondary N) is 1. The van der Waals surface area contributed by atoms with Gasteiger partial charge in [0.2, 0.25) is 0 Å². The maximum atomic E-state index is 13.1. The predicted octanol–water partition coefficient (Wildman–Crippen LogP) is 3.41. The fraction of sp³-hybridized carbons (Fsp3) is 0.600. The summed E-state index contributed by atoms with van der Waals surface area (Å²) in [6, 6.07) is 5.20. The van der Waals surface area contributed by atoms with E-state index in [-0.39, 0.29) is 5.82 Å². The standard InChI is InChI=1S/C15H22BrFN2/c1-15(5-7-19(2)8-6-15)11-18-10-12-3-4-14(17)13(16)9-12/h3-4,9,18H,5-8,10-11H2,1-2H3. The molecule has 2 rings (SSSR count). The number of piperidine rings is 1. The molecular formula is C15H22BrFN2. The topological polar surface area (TPSA) is 15.3 Å². The van der Waals surface area contributed by atoms with Crippen LogP contribution in [0.15, 0.2) is 22.7 Å². The molecule has 2 nitrogen and oxygen atoms in total. The molecule has 1 aliphatic heterocycles. The molecule has 1 aromatic carbocycles. The van der Waals surface area contributed by atoms with Gasteiger partial charge in [-0.15, -0.1) is 0 Å². The van der Waals surface area contributed by atoms with E-state index < -0.39 is 0 Å². The van der Waals surface area contributed by atoms with Crippen molar-refractivity contribution in [2.24, 2.45) is 5.41 Å². The number of benzene rings is 1. The van der Waals surface area contributed by atoms with Gasteiger partial charge in [0.05, 0.1) is 4.47 Å². The average Bonchev–Trinajstić information content (AvgIpc) is 2.38. The zero-order valence-electron chi connectivity index (χ0n) is 11.7. The van der Waals surface area contributed by atoms with E-state index in [0.29, 0.717) is 9.89 Å². The first-order valence-electron chi connectivity index (χ1n) is 6.82. The van der Waals surface area contributed by atoms with E-state index >= 15 is 0 Å². The molecule has 0 radical (unpaired) electrons. The summed E-state index contributed by atoms with van der Waals surface area (Å²) < 4.78 is 13.7. The second kappa shape index (κ2) is 6.33. The van der Waals surface area contributed by atoms with E-state index in [9.17, 15) is 4.39 Å². The predicted molar refractivity (Wildman–Crippen MR) is 80.6 cm³/mol. The SMILES string of the molecule is CN1CCC(C)(CNCc2ccc(F)c(Br)c2)CC1. The van der Waals surface area contributed by atoms with Crippen molar-refractivity contribution in [1.82, 2.24) is 10.2 Å². The molecule has 1 N–H and O–H groups in total. The third-order valence-electron chi connectivity index (χ3n) is 4.06. The van der Waals surface area contributed by atoms with Crippen molar-refractivity contribution in [3.05, 3.63) is 34.1 Å². The van der Waals surface area contributed by atoms with Crippen LogP contribution in [0.4, 0.5) is 4.39 Å². The molecule has 1 aliphatic rings. The molecule has 0 aromatic heterocycles. The number of likely N-dealkylation sites (tertiary alicyclic amines) is 1. The Morgan fingerprint density at radius 1 is 1.37 bits per heavy atom. The Bertz CT molecular complexity index is 428. The lowest BCUT2D eigenvalue weighted by molar-refractivity contribution is 0.137. The summed E-state index contributed by atoms with van der Waals surface area (Å²) in [5, 5.41) is 3.51. The summed E-state index contributed by atoms with van der Waals surface area (Å²) in [6.45, 7) is 6.54. The third-order valence-corrected chi connectivity index (χ3v) is 4.67. The van der Waals surface area contributed by atoms with E-state index in [2.05, 4.69) is 40.1 Å². The second-order valence-corrected chi connectivity index (χ2v) is 6.82. The van der Waals surface area contributed by atoms with Crippen LogP contribution in [0.5, 0.6) is 0 Å². The molecule has 4 heteroatoms. The summed E-state index contributed by atoms with van der Waals surface area (Å²) >= 11 is 3.22. The molecule has 106 valence electrons. The highest BCUT2D eigenvalue weighted by Gasteiger charge is 2.28. The molecular weight excluding hydrogens is 307 g/mol. The van der Waals surface area contributed by atoms with Crippen LogP contribution in [0.1, 0.15) is 25.3 Å². The summed E-state index contributed by atoms with van der Waals surface area (Å²) in [7, 11) is 2.18. The molecule has 0 spiro atoms. The van der Waals surface area contributed by atoms with Gasteiger partial charge >= 0.3 is 0 Å². The molecule has 0 atom stereocenters. The maximum absolute atomic E-state index is 13.1. The van der Waals surface area contributed by atoms with Gasteiger partial charge in [0, 0.05) is 13.1 Å². The summed E-state index contributed by atoms with van der Waals surface area (Å²) in [4.78, 5) is 2.39. The van der Waals surface area contributed by atoms with Gasteiger partial charge in [0.1, 0.15) is 5.82 Å². The largest absolute Gasteiger partial charge is 0.312 e. The van der Waals surface area contributed by atoms with Crippen LogP contribution in [-0.2, 0) is 6.54 Å².